The molecule has 0 bridgehead atoms. The minimum absolute atomic E-state index is 0.0259. The molecule has 4 rings (SSSR count). The van der Waals surface area contributed by atoms with Gasteiger partial charge in [0.2, 0.25) is 5.75 Å². The molecule has 0 saturated heterocycles. The molecule has 0 spiro atoms. The molecule has 1 aliphatic carbocycles. The highest BCUT2D eigenvalue weighted by atomic mass is 16.6. The predicted octanol–water partition coefficient (Wildman–Crippen LogP) is 6.05. The molecule has 1 aromatic heterocycles. The topological polar surface area (TPSA) is 83.6 Å². The molecule has 1 saturated carbocycles. The van der Waals surface area contributed by atoms with Crippen molar-refractivity contribution >= 4 is 22.6 Å². The lowest BCUT2D eigenvalue weighted by Crippen LogP contribution is -2.20. The molecule has 0 N–H and O–H groups in total. The Bertz CT molecular complexity index is 1160. The standard InChI is InChI=1S/C26H30N2O5/c1-3-27-14-13-20-17-19(10-11-23(20)27)22-15-18(9-12-25(29)32-2)16-24(28(30)31)26(22)33-21-7-5-4-6-8-21/h10-11,13-17,21H,3-9,12H2,1-2H3. The van der Waals surface area contributed by atoms with Gasteiger partial charge in [0.15, 0.2) is 0 Å². The van der Waals surface area contributed by atoms with Crippen LogP contribution in [0.2, 0.25) is 0 Å². The van der Waals surface area contributed by atoms with Gasteiger partial charge >= 0.3 is 11.7 Å². The van der Waals surface area contributed by atoms with Crippen LogP contribution in [-0.4, -0.2) is 28.7 Å². The Labute approximate surface area is 193 Å². The number of benzene rings is 2. The number of rotatable bonds is 8. The first-order valence-electron chi connectivity index (χ1n) is 11.6. The Morgan fingerprint density at radius 2 is 1.94 bits per heavy atom. The van der Waals surface area contributed by atoms with E-state index in [-0.39, 0.29) is 29.1 Å². The molecule has 0 unspecified atom stereocenters. The van der Waals surface area contributed by atoms with Crippen LogP contribution in [0, 0.1) is 10.1 Å². The second-order valence-electron chi connectivity index (χ2n) is 8.58. The number of nitro groups is 1. The van der Waals surface area contributed by atoms with Crippen LogP contribution in [0.15, 0.2) is 42.6 Å². The fraction of sp³-hybridized carbons (Fsp3) is 0.423. The van der Waals surface area contributed by atoms with Gasteiger partial charge in [-0.2, -0.15) is 0 Å². The van der Waals surface area contributed by atoms with Crippen molar-refractivity contribution in [2.45, 2.75) is 64.5 Å². The summed E-state index contributed by atoms with van der Waals surface area (Å²) in [5, 5.41) is 13.1. The summed E-state index contributed by atoms with van der Waals surface area (Å²) in [5.74, 6) is -0.0212. The van der Waals surface area contributed by atoms with Crippen molar-refractivity contribution in [3.8, 4) is 16.9 Å². The van der Waals surface area contributed by atoms with Gasteiger partial charge in [0.1, 0.15) is 0 Å². The summed E-state index contributed by atoms with van der Waals surface area (Å²) in [6, 6.07) is 11.6. The lowest BCUT2D eigenvalue weighted by atomic mass is 9.95. The van der Waals surface area contributed by atoms with E-state index in [1.165, 1.54) is 19.6 Å². The second kappa shape index (κ2) is 10.1. The fourth-order valence-corrected chi connectivity index (χ4v) is 4.63. The molecular weight excluding hydrogens is 420 g/mol. The van der Waals surface area contributed by atoms with Crippen LogP contribution >= 0.6 is 0 Å². The molecular formula is C26H30N2O5. The number of carbonyl (C=O) groups is 1. The Kier molecular flexibility index (Phi) is 6.96. The molecule has 3 aromatic rings. The maximum Gasteiger partial charge on any atom is 0.311 e. The lowest BCUT2D eigenvalue weighted by Gasteiger charge is -2.24. The van der Waals surface area contributed by atoms with Gasteiger partial charge in [0.25, 0.3) is 0 Å². The first-order chi connectivity index (χ1) is 16.0. The molecule has 1 heterocycles. The highest BCUT2D eigenvalue weighted by Crippen LogP contribution is 2.42. The van der Waals surface area contributed by atoms with E-state index in [9.17, 15) is 14.9 Å². The molecule has 0 atom stereocenters. The summed E-state index contributed by atoms with van der Waals surface area (Å²) in [6.07, 6.45) is 7.66. The van der Waals surface area contributed by atoms with Gasteiger partial charge in [-0.3, -0.25) is 14.9 Å². The average molecular weight is 451 g/mol. The van der Waals surface area contributed by atoms with Crippen LogP contribution in [0.3, 0.4) is 0 Å². The number of methoxy groups -OCH3 is 1. The van der Waals surface area contributed by atoms with Crippen molar-refractivity contribution in [2.24, 2.45) is 0 Å². The minimum Gasteiger partial charge on any atom is -0.483 e. The highest BCUT2D eigenvalue weighted by Gasteiger charge is 2.26. The zero-order valence-electron chi connectivity index (χ0n) is 19.2. The summed E-state index contributed by atoms with van der Waals surface area (Å²) >= 11 is 0. The minimum atomic E-state index is -0.380. The first-order valence-corrected chi connectivity index (χ1v) is 11.6. The number of nitrogens with zero attached hydrogens (tertiary/aromatic N) is 2. The van der Waals surface area contributed by atoms with Crippen molar-refractivity contribution in [1.82, 2.24) is 4.57 Å². The summed E-state index contributed by atoms with van der Waals surface area (Å²) < 4.78 is 13.2. The number of esters is 1. The highest BCUT2D eigenvalue weighted by molar-refractivity contribution is 5.88. The van der Waals surface area contributed by atoms with E-state index in [0.717, 1.165) is 48.7 Å². The molecule has 7 heteroatoms. The van der Waals surface area contributed by atoms with E-state index >= 15 is 0 Å². The Hall–Kier alpha value is -3.35. The number of fused-ring (bicyclic) bond motifs is 1. The Morgan fingerprint density at radius 1 is 1.15 bits per heavy atom. The Morgan fingerprint density at radius 3 is 2.64 bits per heavy atom. The molecule has 7 nitrogen and oxygen atoms in total. The number of hydrogen-bond donors (Lipinski definition) is 0. The molecule has 1 aliphatic rings. The van der Waals surface area contributed by atoms with Crippen LogP contribution in [-0.2, 0) is 22.5 Å². The zero-order chi connectivity index (χ0) is 23.4. The van der Waals surface area contributed by atoms with E-state index in [4.69, 9.17) is 9.47 Å². The van der Waals surface area contributed by atoms with Gasteiger partial charge in [-0.15, -0.1) is 0 Å². The van der Waals surface area contributed by atoms with Crippen molar-refractivity contribution < 1.29 is 19.2 Å². The number of aryl methyl sites for hydroxylation is 2. The maximum absolute atomic E-state index is 12.1. The van der Waals surface area contributed by atoms with Crippen molar-refractivity contribution in [1.29, 1.82) is 0 Å². The van der Waals surface area contributed by atoms with Gasteiger partial charge in [-0.25, -0.2) is 0 Å². The molecule has 0 radical (unpaired) electrons. The van der Waals surface area contributed by atoms with Gasteiger partial charge in [-0.1, -0.05) is 12.5 Å². The van der Waals surface area contributed by atoms with Gasteiger partial charge < -0.3 is 14.0 Å². The number of nitro benzene ring substituents is 1. The normalized spacial score (nSPS) is 14.4. The van der Waals surface area contributed by atoms with E-state index < -0.39 is 0 Å². The van der Waals surface area contributed by atoms with Crippen molar-refractivity contribution in [3.63, 3.8) is 0 Å². The van der Waals surface area contributed by atoms with Gasteiger partial charge in [0, 0.05) is 41.7 Å². The first kappa shape index (κ1) is 22.8. The summed E-state index contributed by atoms with van der Waals surface area (Å²) in [4.78, 5) is 23.4. The van der Waals surface area contributed by atoms with E-state index in [0.29, 0.717) is 23.3 Å². The molecule has 33 heavy (non-hydrogen) atoms. The van der Waals surface area contributed by atoms with Crippen molar-refractivity contribution in [3.05, 3.63) is 58.3 Å². The smallest absolute Gasteiger partial charge is 0.311 e. The monoisotopic (exact) mass is 450 g/mol. The SMILES string of the molecule is CCn1ccc2cc(-c3cc(CCC(=O)OC)cc([N+](=O)[O-])c3OC3CCCCC3)ccc21. The third-order valence-corrected chi connectivity index (χ3v) is 6.43. The van der Waals surface area contributed by atoms with Crippen LogP contribution in [0.25, 0.3) is 22.0 Å². The average Bonchev–Trinajstić information content (AvgIpc) is 3.25. The molecule has 0 amide bonds. The Balaban J connectivity index is 1.82. The number of carbonyl (C=O) groups excluding carboxylic acids is 1. The molecule has 0 aliphatic heterocycles. The van der Waals surface area contributed by atoms with Crippen LogP contribution in [0.4, 0.5) is 5.69 Å². The van der Waals surface area contributed by atoms with Gasteiger partial charge in [-0.05, 0) is 74.4 Å². The quantitative estimate of drug-likeness (QED) is 0.237. The van der Waals surface area contributed by atoms with Crippen LogP contribution in [0.5, 0.6) is 5.75 Å². The number of aromatic nitrogens is 1. The maximum atomic E-state index is 12.1. The predicted molar refractivity (Wildman–Crippen MR) is 128 cm³/mol. The number of hydrogen-bond acceptors (Lipinski definition) is 5. The van der Waals surface area contributed by atoms with E-state index in [2.05, 4.69) is 23.6 Å². The molecule has 174 valence electrons. The van der Waals surface area contributed by atoms with Gasteiger partial charge in [0.05, 0.1) is 18.1 Å². The van der Waals surface area contributed by atoms with Crippen LogP contribution in [0.1, 0.15) is 51.0 Å². The second-order valence-corrected chi connectivity index (χ2v) is 8.58. The molecule has 1 fully saturated rings. The fourth-order valence-electron chi connectivity index (χ4n) is 4.63. The summed E-state index contributed by atoms with van der Waals surface area (Å²) in [5.41, 5.74) is 3.34. The third-order valence-electron chi connectivity index (χ3n) is 6.43. The summed E-state index contributed by atoms with van der Waals surface area (Å²) in [6.45, 7) is 2.96. The molecule has 2 aromatic carbocycles. The van der Waals surface area contributed by atoms with Crippen LogP contribution < -0.4 is 4.74 Å². The van der Waals surface area contributed by atoms with Crippen molar-refractivity contribution in [2.75, 3.05) is 7.11 Å². The third kappa shape index (κ3) is 5.02. The number of ether oxygens (including phenoxy) is 2. The zero-order valence-corrected chi connectivity index (χ0v) is 19.2. The summed E-state index contributed by atoms with van der Waals surface area (Å²) in [7, 11) is 1.34. The largest absolute Gasteiger partial charge is 0.483 e. The van der Waals surface area contributed by atoms with E-state index in [1.54, 1.807) is 0 Å². The lowest BCUT2D eigenvalue weighted by molar-refractivity contribution is -0.386. The van der Waals surface area contributed by atoms with E-state index in [1.807, 2.05) is 24.4 Å².